The first kappa shape index (κ1) is 14.3. The molecule has 0 amide bonds. The molecule has 0 bridgehead atoms. The molecule has 2 rings (SSSR count). The lowest BCUT2D eigenvalue weighted by atomic mass is 9.98. The summed E-state index contributed by atoms with van der Waals surface area (Å²) >= 11 is 3.43. The second kappa shape index (κ2) is 5.49. The fourth-order valence-electron chi connectivity index (χ4n) is 1.99. The minimum atomic E-state index is -2.65. The molecule has 19 heavy (non-hydrogen) atoms. The van der Waals surface area contributed by atoms with E-state index in [0.29, 0.717) is 4.90 Å². The minimum absolute atomic E-state index is 0.602. The maximum Gasteiger partial charge on any atom is 0.0507 e. The maximum atomic E-state index is 11.8. The van der Waals surface area contributed by atoms with Crippen LogP contribution in [0.25, 0.3) is 11.1 Å². The average Bonchev–Trinajstić information content (AvgIpc) is 2.38. The summed E-state index contributed by atoms with van der Waals surface area (Å²) in [4.78, 5) is 0.602. The molecule has 0 aliphatic carbocycles. The zero-order valence-electron chi connectivity index (χ0n) is 10.7. The quantitative estimate of drug-likeness (QED) is 0.854. The van der Waals surface area contributed by atoms with Crippen LogP contribution in [-0.2, 0) is 16.1 Å². The van der Waals surface area contributed by atoms with Crippen molar-refractivity contribution >= 4 is 31.5 Å². The third-order valence-corrected chi connectivity index (χ3v) is 4.59. The largest absolute Gasteiger partial charge is 0.256 e. The van der Waals surface area contributed by atoms with Crippen molar-refractivity contribution in [3.05, 3.63) is 52.5 Å². The van der Waals surface area contributed by atoms with Crippen LogP contribution in [0.4, 0.5) is 0 Å². The van der Waals surface area contributed by atoms with Crippen LogP contribution in [0, 0.1) is 0 Å². The van der Waals surface area contributed by atoms with Crippen LogP contribution in [0.5, 0.6) is 0 Å². The van der Waals surface area contributed by atoms with Gasteiger partial charge in [-0.05, 0) is 53.2 Å². The summed E-state index contributed by atoms with van der Waals surface area (Å²) in [6.07, 6.45) is 0.856. The molecule has 1 unspecified atom stereocenters. The molecule has 0 radical (unpaired) electrons. The molecule has 0 saturated carbocycles. The molecule has 0 heterocycles. The third-order valence-electron chi connectivity index (χ3n) is 3.01. The zero-order chi connectivity index (χ0) is 14.0. The van der Waals surface area contributed by atoms with Gasteiger partial charge in [-0.1, -0.05) is 41.1 Å². The van der Waals surface area contributed by atoms with Crippen molar-refractivity contribution in [3.8, 4) is 11.1 Å². The van der Waals surface area contributed by atoms with E-state index in [1.165, 1.54) is 0 Å². The van der Waals surface area contributed by atoms with Gasteiger partial charge in [0.2, 0.25) is 0 Å². The summed E-state index contributed by atoms with van der Waals surface area (Å²) in [5, 5.41) is 5.60. The number of halogens is 1. The average molecular weight is 338 g/mol. The van der Waals surface area contributed by atoms with Crippen LogP contribution >= 0.6 is 15.9 Å². The van der Waals surface area contributed by atoms with Crippen molar-refractivity contribution in [2.45, 2.75) is 18.2 Å². The molecule has 0 aliphatic rings. The number of hydrogen-bond acceptors (Lipinski definition) is 1. The normalized spacial score (nSPS) is 14.1. The van der Waals surface area contributed by atoms with Crippen molar-refractivity contribution < 1.29 is 4.21 Å². The lowest BCUT2D eigenvalue weighted by molar-refractivity contribution is 0.682. The summed E-state index contributed by atoms with van der Waals surface area (Å²) in [6, 6.07) is 13.8. The first-order chi connectivity index (χ1) is 8.91. The molecule has 0 aromatic heterocycles. The zero-order valence-corrected chi connectivity index (χ0v) is 13.1. The van der Waals surface area contributed by atoms with Gasteiger partial charge in [0.15, 0.2) is 0 Å². The van der Waals surface area contributed by atoms with Gasteiger partial charge in [-0.3, -0.25) is 5.14 Å². The predicted octanol–water partition coefficient (Wildman–Crippen LogP) is 3.63. The molecule has 0 aliphatic heterocycles. The summed E-state index contributed by atoms with van der Waals surface area (Å²) in [5.41, 5.74) is 3.41. The van der Waals surface area contributed by atoms with Gasteiger partial charge in [-0.15, -0.1) is 0 Å². The molecule has 4 heteroatoms. The van der Waals surface area contributed by atoms with E-state index in [-0.39, 0.29) is 0 Å². The smallest absolute Gasteiger partial charge is 0.0507 e. The topological polar surface area (TPSA) is 43.1 Å². The van der Waals surface area contributed by atoms with Crippen molar-refractivity contribution in [1.82, 2.24) is 0 Å². The summed E-state index contributed by atoms with van der Waals surface area (Å²) < 4.78 is 12.9. The van der Waals surface area contributed by atoms with Gasteiger partial charge < -0.3 is 0 Å². The predicted molar refractivity (Wildman–Crippen MR) is 86.7 cm³/mol. The first-order valence-electron chi connectivity index (χ1n) is 5.95. The number of hydrogen-bond donors (Lipinski definition) is 1. The highest BCUT2D eigenvalue weighted by molar-refractivity contribution is 9.10. The van der Waals surface area contributed by atoms with Crippen molar-refractivity contribution in [2.24, 2.45) is 5.14 Å². The number of benzene rings is 2. The van der Waals surface area contributed by atoms with E-state index in [9.17, 15) is 4.21 Å². The van der Waals surface area contributed by atoms with Gasteiger partial charge in [0, 0.05) is 9.37 Å². The second-order valence-electron chi connectivity index (χ2n) is 4.41. The molecule has 2 aromatic carbocycles. The minimum Gasteiger partial charge on any atom is -0.256 e. The van der Waals surface area contributed by atoms with E-state index in [4.69, 9.17) is 5.14 Å². The van der Waals surface area contributed by atoms with Crippen LogP contribution < -0.4 is 5.14 Å². The lowest BCUT2D eigenvalue weighted by Gasteiger charge is -2.11. The number of rotatable bonds is 3. The van der Waals surface area contributed by atoms with Crippen LogP contribution in [-0.4, -0.2) is 10.1 Å². The highest BCUT2D eigenvalue weighted by atomic mass is 79.9. The highest BCUT2D eigenvalue weighted by Crippen LogP contribution is 2.27. The van der Waals surface area contributed by atoms with Gasteiger partial charge >= 0.3 is 0 Å². The Morgan fingerprint density at radius 1 is 1.21 bits per heavy atom. The van der Waals surface area contributed by atoms with Crippen molar-refractivity contribution in [2.75, 3.05) is 0 Å². The number of aryl methyl sites for hydroxylation is 1. The van der Waals surface area contributed by atoms with Crippen LogP contribution in [0.1, 0.15) is 12.5 Å². The standard InChI is InChI=1S/C15H16BrNOS/c1-3-11-10-14(19(2,17)18)8-9-15(11)12-4-6-13(16)7-5-12/h4-10H,2-3H2,1H3,(H2,17,18). The van der Waals surface area contributed by atoms with Crippen molar-refractivity contribution in [1.29, 1.82) is 0 Å². The Morgan fingerprint density at radius 3 is 2.37 bits per heavy atom. The molecule has 0 fully saturated rings. The van der Waals surface area contributed by atoms with E-state index < -0.39 is 9.71 Å². The Morgan fingerprint density at radius 2 is 1.84 bits per heavy atom. The lowest BCUT2D eigenvalue weighted by Crippen LogP contribution is -2.12. The Hall–Kier alpha value is -1.10. The third kappa shape index (κ3) is 3.26. The highest BCUT2D eigenvalue weighted by Gasteiger charge is 2.08. The van der Waals surface area contributed by atoms with Gasteiger partial charge in [0.25, 0.3) is 0 Å². The Kier molecular flexibility index (Phi) is 4.13. The van der Waals surface area contributed by atoms with Crippen LogP contribution in [0.15, 0.2) is 51.8 Å². The van der Waals surface area contributed by atoms with Crippen molar-refractivity contribution in [3.63, 3.8) is 0 Å². The van der Waals surface area contributed by atoms with Gasteiger partial charge in [0.1, 0.15) is 0 Å². The molecule has 2 nitrogen and oxygen atoms in total. The Labute approximate surface area is 122 Å². The summed E-state index contributed by atoms with van der Waals surface area (Å²) in [5.74, 6) is 3.53. The molecule has 0 saturated heterocycles. The van der Waals surface area contributed by atoms with E-state index in [1.54, 1.807) is 6.07 Å². The molecule has 0 spiro atoms. The van der Waals surface area contributed by atoms with E-state index in [0.717, 1.165) is 27.6 Å². The monoisotopic (exact) mass is 337 g/mol. The molecule has 100 valence electrons. The summed E-state index contributed by atoms with van der Waals surface area (Å²) in [6.45, 7) is 2.07. The number of nitrogens with two attached hydrogens (primary N) is 1. The second-order valence-corrected chi connectivity index (χ2v) is 7.25. The Bertz CT molecular complexity index is 691. The maximum absolute atomic E-state index is 11.8. The van der Waals surface area contributed by atoms with E-state index >= 15 is 0 Å². The summed E-state index contributed by atoms with van der Waals surface area (Å²) in [7, 11) is -2.65. The molecule has 2 N–H and O–H groups in total. The molecule has 2 aromatic rings. The van der Waals surface area contributed by atoms with Crippen LogP contribution in [0.3, 0.4) is 0 Å². The first-order valence-corrected chi connectivity index (χ1v) is 8.54. The van der Waals surface area contributed by atoms with E-state index in [2.05, 4.69) is 40.9 Å². The molecular weight excluding hydrogens is 322 g/mol. The SMILES string of the molecule is C=S(N)(=O)c1ccc(-c2ccc(Br)cc2)c(CC)c1. The van der Waals surface area contributed by atoms with Gasteiger partial charge in [0.05, 0.1) is 9.71 Å². The molecule has 1 atom stereocenters. The van der Waals surface area contributed by atoms with E-state index in [1.807, 2.05) is 24.3 Å². The van der Waals surface area contributed by atoms with Crippen LogP contribution in [0.2, 0.25) is 0 Å². The fourth-order valence-corrected chi connectivity index (χ4v) is 2.89. The Balaban J connectivity index is 2.56. The fraction of sp³-hybridized carbons (Fsp3) is 0.133. The van der Waals surface area contributed by atoms with Gasteiger partial charge in [-0.25, -0.2) is 4.21 Å². The van der Waals surface area contributed by atoms with Gasteiger partial charge in [-0.2, -0.15) is 0 Å². The molecular formula is C15H16BrNOS.